The van der Waals surface area contributed by atoms with E-state index in [-0.39, 0.29) is 17.7 Å². The highest BCUT2D eigenvalue weighted by Crippen LogP contribution is 2.13. The normalized spacial score (nSPS) is 21.3. The van der Waals surface area contributed by atoms with Crippen LogP contribution in [-0.4, -0.2) is 44.5 Å². The molecule has 106 valence electrons. The summed E-state index contributed by atoms with van der Waals surface area (Å²) in [6, 6.07) is 0. The van der Waals surface area contributed by atoms with Gasteiger partial charge in [-0.2, -0.15) is 0 Å². The summed E-state index contributed by atoms with van der Waals surface area (Å²) in [5, 5.41) is 11.2. The largest absolute Gasteiger partial charge is 0.409 e. The number of oxime groups is 1. The standard InChI is InChI=1S/C10H21N3O4S/c11-10(13-14)5-1-2-6-12-18(15,16)8-9-4-3-7-17-9/h9,12,14H,1-8H2,(H2,11,13). The van der Waals surface area contributed by atoms with Gasteiger partial charge in [0.1, 0.15) is 5.84 Å². The molecule has 1 unspecified atom stereocenters. The number of ether oxygens (including phenoxy) is 1. The van der Waals surface area contributed by atoms with Crippen LogP contribution in [0.5, 0.6) is 0 Å². The van der Waals surface area contributed by atoms with E-state index in [9.17, 15) is 8.42 Å². The Morgan fingerprint density at radius 1 is 1.50 bits per heavy atom. The first-order valence-electron chi connectivity index (χ1n) is 6.09. The molecule has 0 bridgehead atoms. The predicted octanol–water partition coefficient (Wildman–Crippen LogP) is 0.00150. The summed E-state index contributed by atoms with van der Waals surface area (Å²) in [7, 11) is -3.26. The Kier molecular flexibility index (Phi) is 6.37. The van der Waals surface area contributed by atoms with Crippen LogP contribution in [0.4, 0.5) is 0 Å². The number of sulfonamides is 1. The lowest BCUT2D eigenvalue weighted by molar-refractivity contribution is 0.127. The molecule has 1 fully saturated rings. The molecule has 0 radical (unpaired) electrons. The second-order valence-corrected chi connectivity index (χ2v) is 6.21. The quantitative estimate of drug-likeness (QED) is 0.190. The second kappa shape index (κ2) is 7.55. The fourth-order valence-corrected chi connectivity index (χ4v) is 3.11. The van der Waals surface area contributed by atoms with Gasteiger partial charge < -0.3 is 15.7 Å². The van der Waals surface area contributed by atoms with E-state index in [0.29, 0.717) is 32.4 Å². The van der Waals surface area contributed by atoms with Crippen LogP contribution in [0.1, 0.15) is 32.1 Å². The zero-order valence-electron chi connectivity index (χ0n) is 10.3. The molecule has 1 heterocycles. The van der Waals surface area contributed by atoms with E-state index in [0.717, 1.165) is 12.8 Å². The summed E-state index contributed by atoms with van der Waals surface area (Å²) >= 11 is 0. The number of hydrogen-bond acceptors (Lipinski definition) is 5. The fraction of sp³-hybridized carbons (Fsp3) is 0.900. The van der Waals surface area contributed by atoms with Crippen molar-refractivity contribution < 1.29 is 18.4 Å². The van der Waals surface area contributed by atoms with Crippen LogP contribution in [0.25, 0.3) is 0 Å². The molecule has 0 aromatic rings. The van der Waals surface area contributed by atoms with E-state index in [1.165, 1.54) is 0 Å². The average molecular weight is 279 g/mol. The number of unbranched alkanes of at least 4 members (excludes halogenated alkanes) is 1. The monoisotopic (exact) mass is 279 g/mol. The summed E-state index contributed by atoms with van der Waals surface area (Å²) < 4.78 is 31.1. The molecule has 8 heteroatoms. The van der Waals surface area contributed by atoms with Gasteiger partial charge in [0, 0.05) is 19.6 Å². The van der Waals surface area contributed by atoms with Gasteiger partial charge in [0.15, 0.2) is 0 Å². The van der Waals surface area contributed by atoms with Crippen molar-refractivity contribution in [1.82, 2.24) is 4.72 Å². The predicted molar refractivity (Wildman–Crippen MR) is 68.0 cm³/mol. The van der Waals surface area contributed by atoms with E-state index in [2.05, 4.69) is 9.88 Å². The van der Waals surface area contributed by atoms with Crippen molar-refractivity contribution in [2.45, 2.75) is 38.2 Å². The van der Waals surface area contributed by atoms with Gasteiger partial charge in [-0.25, -0.2) is 13.1 Å². The Morgan fingerprint density at radius 2 is 2.28 bits per heavy atom. The van der Waals surface area contributed by atoms with Gasteiger partial charge >= 0.3 is 0 Å². The number of nitrogens with one attached hydrogen (secondary N) is 1. The molecule has 1 aliphatic rings. The molecule has 0 saturated carbocycles. The first-order chi connectivity index (χ1) is 8.53. The third-order valence-electron chi connectivity index (χ3n) is 2.74. The molecule has 1 saturated heterocycles. The molecule has 18 heavy (non-hydrogen) atoms. The maximum absolute atomic E-state index is 11.7. The van der Waals surface area contributed by atoms with Crippen molar-refractivity contribution in [1.29, 1.82) is 0 Å². The minimum absolute atomic E-state index is 0.0350. The molecular weight excluding hydrogens is 258 g/mol. The summed E-state index contributed by atoms with van der Waals surface area (Å²) in [6.07, 6.45) is 3.37. The van der Waals surface area contributed by atoms with Gasteiger partial charge in [-0.1, -0.05) is 5.16 Å². The molecule has 1 atom stereocenters. The molecule has 0 spiro atoms. The van der Waals surface area contributed by atoms with Gasteiger partial charge in [-0.15, -0.1) is 0 Å². The summed E-state index contributed by atoms with van der Waals surface area (Å²) in [5.74, 6) is 0.199. The van der Waals surface area contributed by atoms with Crippen LogP contribution in [0.2, 0.25) is 0 Å². The number of nitrogens with two attached hydrogens (primary N) is 1. The molecular formula is C10H21N3O4S. The molecule has 1 aliphatic heterocycles. The molecule has 0 aromatic heterocycles. The van der Waals surface area contributed by atoms with E-state index < -0.39 is 10.0 Å². The van der Waals surface area contributed by atoms with Gasteiger partial charge in [-0.3, -0.25) is 0 Å². The lowest BCUT2D eigenvalue weighted by Gasteiger charge is -2.11. The topological polar surface area (TPSA) is 114 Å². The summed E-state index contributed by atoms with van der Waals surface area (Å²) in [4.78, 5) is 0. The molecule has 1 rings (SSSR count). The minimum atomic E-state index is -3.26. The number of hydrogen-bond donors (Lipinski definition) is 3. The van der Waals surface area contributed by atoms with E-state index in [1.54, 1.807) is 0 Å². The van der Waals surface area contributed by atoms with Crippen molar-refractivity contribution in [3.63, 3.8) is 0 Å². The van der Waals surface area contributed by atoms with Crippen LogP contribution in [-0.2, 0) is 14.8 Å². The Labute approximate surface area is 107 Å². The fourth-order valence-electron chi connectivity index (χ4n) is 1.79. The molecule has 0 amide bonds. The van der Waals surface area contributed by atoms with Crippen LogP contribution < -0.4 is 10.5 Å². The van der Waals surface area contributed by atoms with Crippen LogP contribution >= 0.6 is 0 Å². The van der Waals surface area contributed by atoms with Crippen molar-refractivity contribution in [3.8, 4) is 0 Å². The zero-order valence-corrected chi connectivity index (χ0v) is 11.2. The Bertz CT molecular complexity index is 363. The Hall–Kier alpha value is -0.860. The zero-order chi connectivity index (χ0) is 13.4. The average Bonchev–Trinajstić information content (AvgIpc) is 2.80. The lowest BCUT2D eigenvalue weighted by atomic mass is 10.2. The molecule has 0 aromatic carbocycles. The Balaban J connectivity index is 2.13. The van der Waals surface area contributed by atoms with Gasteiger partial charge in [0.05, 0.1) is 11.9 Å². The van der Waals surface area contributed by atoms with Crippen molar-refractivity contribution in [2.24, 2.45) is 10.9 Å². The smallest absolute Gasteiger partial charge is 0.214 e. The van der Waals surface area contributed by atoms with Crippen LogP contribution in [0.3, 0.4) is 0 Å². The van der Waals surface area contributed by atoms with Crippen LogP contribution in [0, 0.1) is 0 Å². The maximum Gasteiger partial charge on any atom is 0.214 e. The van der Waals surface area contributed by atoms with E-state index >= 15 is 0 Å². The molecule has 7 nitrogen and oxygen atoms in total. The molecule has 4 N–H and O–H groups in total. The van der Waals surface area contributed by atoms with Gasteiger partial charge in [0.2, 0.25) is 10.0 Å². The number of rotatable bonds is 8. The van der Waals surface area contributed by atoms with Crippen molar-refractivity contribution in [2.75, 3.05) is 18.9 Å². The van der Waals surface area contributed by atoms with E-state index in [4.69, 9.17) is 15.7 Å². The molecule has 0 aliphatic carbocycles. The first-order valence-corrected chi connectivity index (χ1v) is 7.74. The third kappa shape index (κ3) is 6.18. The SMILES string of the molecule is NC(CCCCNS(=O)(=O)CC1CCCO1)=NO. The van der Waals surface area contributed by atoms with Crippen molar-refractivity contribution >= 4 is 15.9 Å². The van der Waals surface area contributed by atoms with E-state index in [1.807, 2.05) is 0 Å². The Morgan fingerprint density at radius 3 is 2.89 bits per heavy atom. The minimum Gasteiger partial charge on any atom is -0.409 e. The van der Waals surface area contributed by atoms with Gasteiger partial charge in [0.25, 0.3) is 0 Å². The highest BCUT2D eigenvalue weighted by Gasteiger charge is 2.22. The summed E-state index contributed by atoms with van der Waals surface area (Å²) in [6.45, 7) is 1.02. The number of amidine groups is 1. The van der Waals surface area contributed by atoms with Crippen molar-refractivity contribution in [3.05, 3.63) is 0 Å². The first kappa shape index (κ1) is 15.2. The van der Waals surface area contributed by atoms with Gasteiger partial charge in [-0.05, 0) is 25.7 Å². The second-order valence-electron chi connectivity index (χ2n) is 4.36. The highest BCUT2D eigenvalue weighted by molar-refractivity contribution is 7.89. The maximum atomic E-state index is 11.7. The highest BCUT2D eigenvalue weighted by atomic mass is 32.2. The third-order valence-corrected chi connectivity index (χ3v) is 4.19. The number of nitrogens with zero attached hydrogens (tertiary/aromatic N) is 1. The van der Waals surface area contributed by atoms with Crippen LogP contribution in [0.15, 0.2) is 5.16 Å². The lowest BCUT2D eigenvalue weighted by Crippen LogP contribution is -2.32. The summed E-state index contributed by atoms with van der Waals surface area (Å²) in [5.41, 5.74) is 5.29.